The number of benzene rings is 1. The lowest BCUT2D eigenvalue weighted by Gasteiger charge is -2.12. The van der Waals surface area contributed by atoms with Crippen molar-refractivity contribution in [3.63, 3.8) is 0 Å². The number of nitrogens with zero attached hydrogens (tertiary/aromatic N) is 2. The fourth-order valence-corrected chi connectivity index (χ4v) is 2.40. The molecule has 118 valence electrons. The lowest BCUT2D eigenvalue weighted by atomic mass is 10.1. The zero-order valence-electron chi connectivity index (χ0n) is 11.8. The Hall–Kier alpha value is -1.47. The van der Waals surface area contributed by atoms with Gasteiger partial charge < -0.3 is 5.32 Å². The van der Waals surface area contributed by atoms with E-state index in [1.165, 1.54) is 0 Å². The van der Waals surface area contributed by atoms with Gasteiger partial charge in [-0.05, 0) is 30.9 Å². The van der Waals surface area contributed by atoms with Crippen molar-refractivity contribution in [2.24, 2.45) is 0 Å². The van der Waals surface area contributed by atoms with Crippen LogP contribution in [0.4, 0.5) is 24.8 Å². The topological polar surface area (TPSA) is 37.8 Å². The van der Waals surface area contributed by atoms with E-state index < -0.39 is 16.9 Å². The highest BCUT2D eigenvalue weighted by atomic mass is 35.5. The lowest BCUT2D eigenvalue weighted by molar-refractivity contribution is -0.137. The number of rotatable bonds is 4. The second-order valence-corrected chi connectivity index (χ2v) is 6.06. The van der Waals surface area contributed by atoms with E-state index in [2.05, 4.69) is 22.2 Å². The van der Waals surface area contributed by atoms with Crippen LogP contribution in [0.25, 0.3) is 0 Å². The standard InChI is InChI=1S/C14H13ClF3N3S/c1-8(22-2)9-4-3-5-10(6-9)20-13-19-7-11(12(15)21-13)14(16,17)18/h3-8H,1-2H3,(H,19,20,21). The average molecular weight is 348 g/mol. The third-order valence-electron chi connectivity index (χ3n) is 3.01. The van der Waals surface area contributed by atoms with Gasteiger partial charge in [-0.2, -0.15) is 24.9 Å². The van der Waals surface area contributed by atoms with Crippen molar-refractivity contribution in [1.29, 1.82) is 0 Å². The molecule has 0 amide bonds. The van der Waals surface area contributed by atoms with Crippen LogP contribution in [-0.4, -0.2) is 16.2 Å². The van der Waals surface area contributed by atoms with E-state index >= 15 is 0 Å². The Labute approximate surface area is 135 Å². The number of alkyl halides is 3. The van der Waals surface area contributed by atoms with Gasteiger partial charge >= 0.3 is 6.18 Å². The molecular weight excluding hydrogens is 335 g/mol. The van der Waals surface area contributed by atoms with Crippen LogP contribution in [0.1, 0.15) is 23.3 Å². The molecule has 0 bridgehead atoms. The molecule has 1 heterocycles. The van der Waals surface area contributed by atoms with Crippen molar-refractivity contribution >= 4 is 35.0 Å². The summed E-state index contributed by atoms with van der Waals surface area (Å²) < 4.78 is 37.8. The number of hydrogen-bond acceptors (Lipinski definition) is 4. The van der Waals surface area contributed by atoms with E-state index in [1.54, 1.807) is 17.8 Å². The van der Waals surface area contributed by atoms with E-state index in [9.17, 15) is 13.2 Å². The summed E-state index contributed by atoms with van der Waals surface area (Å²) in [6.45, 7) is 2.06. The summed E-state index contributed by atoms with van der Waals surface area (Å²) in [7, 11) is 0. The molecule has 1 aromatic heterocycles. The minimum atomic E-state index is -4.57. The molecular formula is C14H13ClF3N3S. The summed E-state index contributed by atoms with van der Waals surface area (Å²) in [6, 6.07) is 7.52. The first-order valence-electron chi connectivity index (χ1n) is 6.30. The maximum absolute atomic E-state index is 12.6. The number of aromatic nitrogens is 2. The minimum absolute atomic E-state index is 0.0203. The molecule has 22 heavy (non-hydrogen) atoms. The molecule has 0 spiro atoms. The highest BCUT2D eigenvalue weighted by Crippen LogP contribution is 2.34. The van der Waals surface area contributed by atoms with Gasteiger partial charge in [0.2, 0.25) is 5.95 Å². The third kappa shape index (κ3) is 4.04. The van der Waals surface area contributed by atoms with Crippen LogP contribution in [0, 0.1) is 0 Å². The van der Waals surface area contributed by atoms with Gasteiger partial charge in [0, 0.05) is 17.1 Å². The number of halogens is 4. The van der Waals surface area contributed by atoms with E-state index in [1.807, 2.05) is 24.5 Å². The largest absolute Gasteiger partial charge is 0.420 e. The molecule has 1 unspecified atom stereocenters. The molecule has 3 nitrogen and oxygen atoms in total. The molecule has 0 saturated carbocycles. The first-order chi connectivity index (χ1) is 10.3. The Balaban J connectivity index is 2.23. The summed E-state index contributed by atoms with van der Waals surface area (Å²) in [4.78, 5) is 7.31. The maximum Gasteiger partial charge on any atom is 0.420 e. The summed E-state index contributed by atoms with van der Waals surface area (Å²) in [5.41, 5.74) is 0.731. The third-order valence-corrected chi connectivity index (χ3v) is 4.28. The molecule has 0 saturated heterocycles. The molecule has 2 rings (SSSR count). The fraction of sp³-hybridized carbons (Fsp3) is 0.286. The van der Waals surface area contributed by atoms with Crippen LogP contribution in [0.15, 0.2) is 30.5 Å². The lowest BCUT2D eigenvalue weighted by Crippen LogP contribution is -2.09. The first kappa shape index (κ1) is 16.9. The van der Waals surface area contributed by atoms with Crippen LogP contribution >= 0.6 is 23.4 Å². The summed E-state index contributed by atoms with van der Waals surface area (Å²) in [6.07, 6.45) is -1.89. The molecule has 0 fully saturated rings. The van der Waals surface area contributed by atoms with Crippen LogP contribution < -0.4 is 5.32 Å². The first-order valence-corrected chi connectivity index (χ1v) is 7.97. The molecule has 0 aliphatic heterocycles. The Bertz CT molecular complexity index is 664. The van der Waals surface area contributed by atoms with Crippen LogP contribution in [-0.2, 0) is 6.18 Å². The molecule has 8 heteroatoms. The number of hydrogen-bond donors (Lipinski definition) is 1. The quantitative estimate of drug-likeness (QED) is 0.760. The highest BCUT2D eigenvalue weighted by molar-refractivity contribution is 7.98. The van der Waals surface area contributed by atoms with Gasteiger partial charge in [0.25, 0.3) is 0 Å². The zero-order chi connectivity index (χ0) is 16.3. The Morgan fingerprint density at radius 2 is 2.05 bits per heavy atom. The predicted molar refractivity (Wildman–Crippen MR) is 83.7 cm³/mol. The van der Waals surface area contributed by atoms with Gasteiger partial charge in [-0.3, -0.25) is 0 Å². The van der Waals surface area contributed by atoms with Crippen molar-refractivity contribution in [2.45, 2.75) is 18.3 Å². The number of anilines is 2. The van der Waals surface area contributed by atoms with Gasteiger partial charge in [-0.15, -0.1) is 0 Å². The van der Waals surface area contributed by atoms with Crippen LogP contribution in [0.5, 0.6) is 0 Å². The van der Waals surface area contributed by atoms with Crippen molar-refractivity contribution in [3.05, 3.63) is 46.7 Å². The smallest absolute Gasteiger partial charge is 0.324 e. The monoisotopic (exact) mass is 347 g/mol. The van der Waals surface area contributed by atoms with E-state index in [0.717, 1.165) is 5.56 Å². The Kier molecular flexibility index (Phi) is 5.18. The maximum atomic E-state index is 12.6. The van der Waals surface area contributed by atoms with Crippen molar-refractivity contribution in [2.75, 3.05) is 11.6 Å². The Morgan fingerprint density at radius 1 is 1.32 bits per heavy atom. The predicted octanol–water partition coefficient (Wildman–Crippen LogP) is 5.32. The summed E-state index contributed by atoms with van der Waals surface area (Å²) in [5, 5.41) is 2.54. The molecule has 0 radical (unpaired) electrons. The summed E-state index contributed by atoms with van der Waals surface area (Å²) in [5.74, 6) is 0.0203. The van der Waals surface area contributed by atoms with Gasteiger partial charge in [0.05, 0.1) is 0 Å². The molecule has 1 atom stereocenters. The van der Waals surface area contributed by atoms with Crippen molar-refractivity contribution in [3.8, 4) is 0 Å². The van der Waals surface area contributed by atoms with Crippen LogP contribution in [0.2, 0.25) is 5.15 Å². The number of thioether (sulfide) groups is 1. The highest BCUT2D eigenvalue weighted by Gasteiger charge is 2.34. The molecule has 1 aromatic carbocycles. The van der Waals surface area contributed by atoms with E-state index in [-0.39, 0.29) is 5.95 Å². The van der Waals surface area contributed by atoms with Gasteiger partial charge in [0.15, 0.2) is 0 Å². The molecule has 0 aliphatic carbocycles. The van der Waals surface area contributed by atoms with E-state index in [4.69, 9.17) is 11.6 Å². The average Bonchev–Trinajstić information content (AvgIpc) is 2.45. The normalized spacial score (nSPS) is 13.0. The SMILES string of the molecule is CSC(C)c1cccc(Nc2ncc(C(F)(F)F)c(Cl)n2)c1. The summed E-state index contributed by atoms with van der Waals surface area (Å²) >= 11 is 7.26. The Morgan fingerprint density at radius 3 is 2.64 bits per heavy atom. The fourth-order valence-electron chi connectivity index (χ4n) is 1.75. The minimum Gasteiger partial charge on any atom is -0.324 e. The van der Waals surface area contributed by atoms with Crippen molar-refractivity contribution < 1.29 is 13.2 Å². The zero-order valence-corrected chi connectivity index (χ0v) is 13.4. The molecule has 2 aromatic rings. The van der Waals surface area contributed by atoms with Crippen LogP contribution in [0.3, 0.4) is 0 Å². The second kappa shape index (κ2) is 6.75. The van der Waals surface area contributed by atoms with Gasteiger partial charge in [-0.25, -0.2) is 9.97 Å². The molecule has 1 N–H and O–H groups in total. The van der Waals surface area contributed by atoms with Crippen molar-refractivity contribution in [1.82, 2.24) is 9.97 Å². The number of nitrogens with one attached hydrogen (secondary N) is 1. The second-order valence-electron chi connectivity index (χ2n) is 4.52. The molecule has 0 aliphatic rings. The van der Waals surface area contributed by atoms with Gasteiger partial charge in [0.1, 0.15) is 10.7 Å². The van der Waals surface area contributed by atoms with Gasteiger partial charge in [-0.1, -0.05) is 23.7 Å². The van der Waals surface area contributed by atoms with E-state index in [0.29, 0.717) is 17.1 Å².